The number of carbonyl (C=O) groups is 4. The predicted molar refractivity (Wildman–Crippen MR) is 211 cm³/mol. The minimum Gasteiger partial charge on any atom is -0.478 e. The Kier molecular flexibility index (Phi) is 12.6. The van der Waals surface area contributed by atoms with Crippen LogP contribution in [0, 0.1) is 10.8 Å². The van der Waals surface area contributed by atoms with Crippen molar-refractivity contribution in [3.05, 3.63) is 144 Å². The molecule has 0 aliphatic heterocycles. The number of hydrogen-bond donors (Lipinski definition) is 1. The molecule has 5 aromatic carbocycles. The Balaban J connectivity index is 1.14. The number of esters is 3. The zero-order chi connectivity index (χ0) is 39.4. The number of carboxylic acids is 1. The molecule has 0 aliphatic rings. The molecule has 54 heavy (non-hydrogen) atoms. The molecule has 0 radical (unpaired) electrons. The third-order valence-electron chi connectivity index (χ3n) is 8.50. The van der Waals surface area contributed by atoms with Crippen LogP contribution < -0.4 is 4.74 Å². The molecule has 0 atom stereocenters. The van der Waals surface area contributed by atoms with Crippen LogP contribution >= 0.6 is 46.4 Å². The first kappa shape index (κ1) is 40.6. The van der Waals surface area contributed by atoms with E-state index in [-0.39, 0.29) is 66.7 Å². The molecular formula is C42H36Cl4O8. The Morgan fingerprint density at radius 2 is 0.981 bits per heavy atom. The van der Waals surface area contributed by atoms with Crippen molar-refractivity contribution in [1.29, 1.82) is 0 Å². The summed E-state index contributed by atoms with van der Waals surface area (Å²) in [4.78, 5) is 50.0. The van der Waals surface area contributed by atoms with E-state index < -0.39 is 29.3 Å². The number of carbonyl (C=O) groups excluding carboxylic acids is 3. The van der Waals surface area contributed by atoms with E-state index in [1.807, 2.05) is 52.0 Å². The quantitative estimate of drug-likeness (QED) is 0.0923. The third-order valence-corrected chi connectivity index (χ3v) is 9.72. The number of rotatable bonds is 13. The first-order valence-corrected chi connectivity index (χ1v) is 18.3. The molecular weight excluding hydrogens is 774 g/mol. The Bertz CT molecular complexity index is 2200. The van der Waals surface area contributed by atoms with Gasteiger partial charge in [0.05, 0.1) is 55.6 Å². The lowest BCUT2D eigenvalue weighted by atomic mass is 9.84. The molecule has 0 amide bonds. The van der Waals surface area contributed by atoms with Crippen LogP contribution in [0.2, 0.25) is 20.1 Å². The molecule has 0 aliphatic carbocycles. The highest BCUT2D eigenvalue weighted by Crippen LogP contribution is 2.33. The Morgan fingerprint density at radius 3 is 1.44 bits per heavy atom. The van der Waals surface area contributed by atoms with E-state index >= 15 is 0 Å². The second kappa shape index (κ2) is 16.8. The van der Waals surface area contributed by atoms with Gasteiger partial charge < -0.3 is 19.3 Å². The predicted octanol–water partition coefficient (Wildman–Crippen LogP) is 11.2. The largest absolute Gasteiger partial charge is 0.478 e. The standard InChI is InChI=1S/C42H36Cl4O8/c1-41(2,22-52-39(50)35-31(43)6-5-7-32(35)44)20-24-8-10-25(11-9-24)21-42(3,4)23-53-40(51)36-33(45)18-30(19-34(36)46)54-38(49)29-15-13-26-16-28(37(47)48)14-12-27(26)17-29/h5-19H,20-23H2,1-4H3,(H,47,48). The molecule has 12 heteroatoms. The van der Waals surface area contributed by atoms with Crippen molar-refractivity contribution in [3.63, 3.8) is 0 Å². The molecule has 0 unspecified atom stereocenters. The Labute approximate surface area is 332 Å². The van der Waals surface area contributed by atoms with Crippen LogP contribution in [0.3, 0.4) is 0 Å². The normalized spacial score (nSPS) is 11.6. The summed E-state index contributed by atoms with van der Waals surface area (Å²) in [5.41, 5.74) is 1.73. The lowest BCUT2D eigenvalue weighted by Gasteiger charge is -2.26. The van der Waals surface area contributed by atoms with Gasteiger partial charge in [0.25, 0.3) is 0 Å². The molecule has 0 saturated heterocycles. The highest BCUT2D eigenvalue weighted by Gasteiger charge is 2.26. The lowest BCUT2D eigenvalue weighted by molar-refractivity contribution is 0.0334. The minimum atomic E-state index is -1.05. The molecule has 0 spiro atoms. The average molecular weight is 811 g/mol. The average Bonchev–Trinajstić information content (AvgIpc) is 3.09. The zero-order valence-corrected chi connectivity index (χ0v) is 32.8. The fourth-order valence-electron chi connectivity index (χ4n) is 5.82. The molecule has 1 N–H and O–H groups in total. The van der Waals surface area contributed by atoms with E-state index in [0.29, 0.717) is 23.6 Å². The van der Waals surface area contributed by atoms with Gasteiger partial charge in [-0.3, -0.25) is 0 Å². The summed E-state index contributed by atoms with van der Waals surface area (Å²) in [6, 6.07) is 24.9. The minimum absolute atomic E-state index is 0.0306. The Morgan fingerprint density at radius 1 is 0.556 bits per heavy atom. The number of aromatic carboxylic acids is 1. The molecule has 0 fully saturated rings. The molecule has 0 heterocycles. The SMILES string of the molecule is CC(C)(COC(=O)c1c(Cl)cccc1Cl)Cc1ccc(CC(C)(C)COC(=O)c2c(Cl)cc(OC(=O)c3ccc4cc(C(=O)O)ccc4c3)cc2Cl)cc1. The van der Waals surface area contributed by atoms with Crippen LogP contribution in [0.5, 0.6) is 5.75 Å². The van der Waals surface area contributed by atoms with Crippen molar-refractivity contribution in [2.75, 3.05) is 13.2 Å². The van der Waals surface area contributed by atoms with Crippen molar-refractivity contribution in [2.45, 2.75) is 40.5 Å². The van der Waals surface area contributed by atoms with Gasteiger partial charge in [-0.2, -0.15) is 0 Å². The smallest absolute Gasteiger partial charge is 0.343 e. The van der Waals surface area contributed by atoms with E-state index in [4.69, 9.17) is 60.6 Å². The number of benzene rings is 5. The van der Waals surface area contributed by atoms with Gasteiger partial charge in [-0.25, -0.2) is 19.2 Å². The van der Waals surface area contributed by atoms with Gasteiger partial charge in [-0.05, 0) is 71.1 Å². The fraction of sp³-hybridized carbons (Fsp3) is 0.238. The van der Waals surface area contributed by atoms with Gasteiger partial charge in [0.1, 0.15) is 5.75 Å². The van der Waals surface area contributed by atoms with E-state index in [9.17, 15) is 24.3 Å². The first-order valence-electron chi connectivity index (χ1n) is 16.8. The van der Waals surface area contributed by atoms with Crippen molar-refractivity contribution >= 4 is 81.1 Å². The van der Waals surface area contributed by atoms with Crippen LogP contribution in [-0.2, 0) is 22.3 Å². The van der Waals surface area contributed by atoms with Gasteiger partial charge >= 0.3 is 23.9 Å². The van der Waals surface area contributed by atoms with Crippen LogP contribution in [0.15, 0.2) is 91.0 Å². The summed E-state index contributed by atoms with van der Waals surface area (Å²) in [5.74, 6) is -3.00. The monoisotopic (exact) mass is 808 g/mol. The van der Waals surface area contributed by atoms with Gasteiger partial charge in [0.15, 0.2) is 0 Å². The summed E-state index contributed by atoms with van der Waals surface area (Å²) in [7, 11) is 0. The topological polar surface area (TPSA) is 116 Å². The van der Waals surface area contributed by atoms with Gasteiger partial charge in [-0.1, -0.05) is 117 Å². The van der Waals surface area contributed by atoms with E-state index in [0.717, 1.165) is 11.1 Å². The highest BCUT2D eigenvalue weighted by molar-refractivity contribution is 6.40. The molecule has 280 valence electrons. The van der Waals surface area contributed by atoms with Gasteiger partial charge in [0.2, 0.25) is 0 Å². The molecule has 5 aromatic rings. The number of fused-ring (bicyclic) bond motifs is 1. The van der Waals surface area contributed by atoms with Gasteiger partial charge in [0, 0.05) is 23.0 Å². The summed E-state index contributed by atoms with van der Waals surface area (Å²) >= 11 is 25.2. The van der Waals surface area contributed by atoms with E-state index in [1.165, 1.54) is 30.3 Å². The highest BCUT2D eigenvalue weighted by atomic mass is 35.5. The number of carboxylic acid groups (broad SMARTS) is 1. The van der Waals surface area contributed by atoms with Crippen LogP contribution in [0.4, 0.5) is 0 Å². The summed E-state index contributed by atoms with van der Waals surface area (Å²) < 4.78 is 16.7. The number of halogens is 4. The first-order chi connectivity index (χ1) is 25.4. The van der Waals surface area contributed by atoms with Crippen LogP contribution in [0.25, 0.3) is 10.8 Å². The lowest BCUT2D eigenvalue weighted by Crippen LogP contribution is -2.25. The van der Waals surface area contributed by atoms with E-state index in [1.54, 1.807) is 36.4 Å². The second-order valence-electron chi connectivity index (χ2n) is 14.5. The maximum absolute atomic E-state index is 13.1. The summed E-state index contributed by atoms with van der Waals surface area (Å²) in [6.07, 6.45) is 1.25. The summed E-state index contributed by atoms with van der Waals surface area (Å²) in [6.45, 7) is 8.20. The third kappa shape index (κ3) is 10.3. The van der Waals surface area contributed by atoms with Crippen molar-refractivity contribution in [1.82, 2.24) is 0 Å². The molecule has 5 rings (SSSR count). The van der Waals surface area contributed by atoms with E-state index in [2.05, 4.69) is 0 Å². The van der Waals surface area contributed by atoms with Gasteiger partial charge in [-0.15, -0.1) is 0 Å². The second-order valence-corrected chi connectivity index (χ2v) is 16.1. The summed E-state index contributed by atoms with van der Waals surface area (Å²) in [5, 5.41) is 10.9. The molecule has 8 nitrogen and oxygen atoms in total. The molecule has 0 saturated carbocycles. The fourth-order valence-corrected chi connectivity index (χ4v) is 6.99. The zero-order valence-electron chi connectivity index (χ0n) is 29.8. The van der Waals surface area contributed by atoms with Crippen molar-refractivity contribution in [3.8, 4) is 5.75 Å². The van der Waals surface area contributed by atoms with Crippen molar-refractivity contribution < 1.29 is 38.5 Å². The van der Waals surface area contributed by atoms with Crippen LogP contribution in [0.1, 0.15) is 80.3 Å². The van der Waals surface area contributed by atoms with Crippen molar-refractivity contribution in [2.24, 2.45) is 10.8 Å². The molecule has 0 bridgehead atoms. The van der Waals surface area contributed by atoms with Crippen LogP contribution in [-0.4, -0.2) is 42.2 Å². The molecule has 0 aromatic heterocycles. The number of hydrogen-bond acceptors (Lipinski definition) is 7. The number of ether oxygens (including phenoxy) is 3. The Hall–Kier alpha value is -4.60. The maximum atomic E-state index is 13.1. The maximum Gasteiger partial charge on any atom is 0.343 e.